The summed E-state index contributed by atoms with van der Waals surface area (Å²) in [5.41, 5.74) is 0. The Hall–Kier alpha value is -0.0800. The Bertz CT molecular complexity index is 148. The molecule has 0 aliphatic carbocycles. The monoisotopic (exact) mass is 243 g/mol. The quantitative estimate of drug-likeness (QED) is 0.523. The molecule has 0 aromatic carbocycles. The van der Waals surface area contributed by atoms with Gasteiger partial charge in [0.15, 0.2) is 0 Å². The minimum atomic E-state index is 0.653. The molecule has 0 spiro atoms. The van der Waals surface area contributed by atoms with Crippen molar-refractivity contribution in [3.05, 3.63) is 0 Å². The SMILES string of the molecule is CCCCCCC(C)NCCCOCC(C)C. The number of unbranched alkanes of at least 4 members (excludes halogenated alkanes) is 3. The standard InChI is InChI=1S/C15H33NO/c1-5-6-7-8-10-15(4)16-11-9-12-17-13-14(2)3/h14-16H,5-13H2,1-4H3. The van der Waals surface area contributed by atoms with Crippen molar-refractivity contribution in [1.29, 1.82) is 0 Å². The summed E-state index contributed by atoms with van der Waals surface area (Å²) in [5.74, 6) is 0.653. The molecule has 2 nitrogen and oxygen atoms in total. The Morgan fingerprint density at radius 3 is 2.41 bits per heavy atom. The molecule has 0 aliphatic heterocycles. The molecule has 0 fully saturated rings. The van der Waals surface area contributed by atoms with Crippen LogP contribution < -0.4 is 5.32 Å². The summed E-state index contributed by atoms with van der Waals surface area (Å²) in [6, 6.07) is 0.664. The van der Waals surface area contributed by atoms with Crippen LogP contribution in [0.25, 0.3) is 0 Å². The molecule has 0 bridgehead atoms. The van der Waals surface area contributed by atoms with Gasteiger partial charge in [-0.3, -0.25) is 0 Å². The van der Waals surface area contributed by atoms with Gasteiger partial charge in [0.25, 0.3) is 0 Å². The van der Waals surface area contributed by atoms with Gasteiger partial charge in [0.05, 0.1) is 0 Å². The van der Waals surface area contributed by atoms with E-state index < -0.39 is 0 Å². The zero-order chi connectivity index (χ0) is 12.9. The fourth-order valence-electron chi connectivity index (χ4n) is 1.82. The topological polar surface area (TPSA) is 21.3 Å². The van der Waals surface area contributed by atoms with Crippen molar-refractivity contribution in [3.63, 3.8) is 0 Å². The first-order chi connectivity index (χ1) is 8.16. The van der Waals surface area contributed by atoms with E-state index in [1.165, 1.54) is 32.1 Å². The average molecular weight is 243 g/mol. The van der Waals surface area contributed by atoms with Gasteiger partial charge in [0, 0.05) is 19.3 Å². The molecule has 0 aromatic heterocycles. The second-order valence-corrected chi connectivity index (χ2v) is 5.53. The van der Waals surface area contributed by atoms with Crippen molar-refractivity contribution < 1.29 is 4.74 Å². The van der Waals surface area contributed by atoms with Crippen LogP contribution in [0.2, 0.25) is 0 Å². The molecule has 2 heteroatoms. The lowest BCUT2D eigenvalue weighted by molar-refractivity contribution is 0.107. The van der Waals surface area contributed by atoms with Gasteiger partial charge in [-0.2, -0.15) is 0 Å². The maximum atomic E-state index is 5.55. The molecule has 1 N–H and O–H groups in total. The molecule has 0 saturated carbocycles. The predicted molar refractivity (Wildman–Crippen MR) is 76.5 cm³/mol. The van der Waals surface area contributed by atoms with Crippen molar-refractivity contribution in [2.45, 2.75) is 72.3 Å². The van der Waals surface area contributed by atoms with Crippen molar-refractivity contribution >= 4 is 0 Å². The lowest BCUT2D eigenvalue weighted by atomic mass is 10.1. The van der Waals surface area contributed by atoms with E-state index in [9.17, 15) is 0 Å². The summed E-state index contributed by atoms with van der Waals surface area (Å²) in [7, 11) is 0. The Kier molecular flexibility index (Phi) is 12.3. The number of hydrogen-bond acceptors (Lipinski definition) is 2. The number of nitrogens with one attached hydrogen (secondary N) is 1. The third-order valence-corrected chi connectivity index (χ3v) is 2.90. The molecular weight excluding hydrogens is 210 g/mol. The molecule has 0 radical (unpaired) electrons. The first-order valence-electron chi connectivity index (χ1n) is 7.48. The molecule has 17 heavy (non-hydrogen) atoms. The lowest BCUT2D eigenvalue weighted by Gasteiger charge is -2.13. The van der Waals surface area contributed by atoms with E-state index >= 15 is 0 Å². The molecule has 104 valence electrons. The van der Waals surface area contributed by atoms with Gasteiger partial charge in [-0.1, -0.05) is 46.5 Å². The van der Waals surface area contributed by atoms with E-state index in [1.807, 2.05) is 0 Å². The Morgan fingerprint density at radius 1 is 1.00 bits per heavy atom. The van der Waals surface area contributed by atoms with Crippen LogP contribution in [0.5, 0.6) is 0 Å². The summed E-state index contributed by atoms with van der Waals surface area (Å²) in [6.45, 7) is 11.8. The minimum Gasteiger partial charge on any atom is -0.381 e. The van der Waals surface area contributed by atoms with Crippen LogP contribution in [0, 0.1) is 5.92 Å². The summed E-state index contributed by atoms with van der Waals surface area (Å²) in [4.78, 5) is 0. The predicted octanol–water partition coefficient (Wildman–Crippen LogP) is 4.00. The fraction of sp³-hybridized carbons (Fsp3) is 1.00. The van der Waals surface area contributed by atoms with E-state index in [2.05, 4.69) is 33.0 Å². The third-order valence-electron chi connectivity index (χ3n) is 2.90. The highest BCUT2D eigenvalue weighted by molar-refractivity contribution is 4.60. The largest absolute Gasteiger partial charge is 0.381 e. The maximum absolute atomic E-state index is 5.55. The summed E-state index contributed by atoms with van der Waals surface area (Å²) in [5, 5.41) is 3.57. The highest BCUT2D eigenvalue weighted by Gasteiger charge is 2.00. The lowest BCUT2D eigenvalue weighted by Crippen LogP contribution is -2.27. The van der Waals surface area contributed by atoms with Crippen molar-refractivity contribution in [3.8, 4) is 0 Å². The van der Waals surface area contributed by atoms with Crippen molar-refractivity contribution in [1.82, 2.24) is 5.32 Å². The highest BCUT2D eigenvalue weighted by Crippen LogP contribution is 2.05. The van der Waals surface area contributed by atoms with Crippen LogP contribution in [0.15, 0.2) is 0 Å². The smallest absolute Gasteiger partial charge is 0.0489 e. The van der Waals surface area contributed by atoms with Crippen LogP contribution in [-0.4, -0.2) is 25.8 Å². The average Bonchev–Trinajstić information content (AvgIpc) is 2.29. The minimum absolute atomic E-state index is 0.653. The molecule has 0 heterocycles. The van der Waals surface area contributed by atoms with Crippen LogP contribution in [0.3, 0.4) is 0 Å². The molecule has 1 atom stereocenters. The van der Waals surface area contributed by atoms with Gasteiger partial charge in [-0.15, -0.1) is 0 Å². The summed E-state index contributed by atoms with van der Waals surface area (Å²) < 4.78 is 5.55. The second-order valence-electron chi connectivity index (χ2n) is 5.53. The van der Waals surface area contributed by atoms with Crippen LogP contribution in [0.4, 0.5) is 0 Å². The third kappa shape index (κ3) is 13.9. The van der Waals surface area contributed by atoms with Crippen molar-refractivity contribution in [2.24, 2.45) is 5.92 Å². The van der Waals surface area contributed by atoms with Gasteiger partial charge in [0.2, 0.25) is 0 Å². The van der Waals surface area contributed by atoms with E-state index in [0.717, 1.165) is 26.2 Å². The normalized spacial score (nSPS) is 13.2. The van der Waals surface area contributed by atoms with Gasteiger partial charge in [0.1, 0.15) is 0 Å². The van der Waals surface area contributed by atoms with Crippen LogP contribution in [-0.2, 0) is 4.74 Å². The van der Waals surface area contributed by atoms with E-state index in [1.54, 1.807) is 0 Å². The Balaban J connectivity index is 3.13. The van der Waals surface area contributed by atoms with Gasteiger partial charge >= 0.3 is 0 Å². The second kappa shape index (κ2) is 12.4. The number of rotatable bonds is 12. The maximum Gasteiger partial charge on any atom is 0.0489 e. The molecule has 0 aliphatic rings. The van der Waals surface area contributed by atoms with E-state index in [4.69, 9.17) is 4.74 Å². The summed E-state index contributed by atoms with van der Waals surface area (Å²) >= 11 is 0. The molecule has 1 unspecified atom stereocenters. The van der Waals surface area contributed by atoms with Crippen LogP contribution in [0.1, 0.15) is 66.2 Å². The Morgan fingerprint density at radius 2 is 1.76 bits per heavy atom. The molecule has 0 amide bonds. The van der Waals surface area contributed by atoms with Gasteiger partial charge < -0.3 is 10.1 Å². The zero-order valence-electron chi connectivity index (χ0n) is 12.4. The first-order valence-corrected chi connectivity index (χ1v) is 7.48. The zero-order valence-corrected chi connectivity index (χ0v) is 12.4. The van der Waals surface area contributed by atoms with Gasteiger partial charge in [-0.05, 0) is 32.2 Å². The highest BCUT2D eigenvalue weighted by atomic mass is 16.5. The molecular formula is C15H33NO. The molecule has 0 rings (SSSR count). The van der Waals surface area contributed by atoms with Crippen molar-refractivity contribution in [2.75, 3.05) is 19.8 Å². The Labute approximate surface area is 109 Å². The van der Waals surface area contributed by atoms with E-state index in [0.29, 0.717) is 12.0 Å². The van der Waals surface area contributed by atoms with E-state index in [-0.39, 0.29) is 0 Å². The molecule has 0 saturated heterocycles. The summed E-state index contributed by atoms with van der Waals surface area (Å²) in [6.07, 6.45) is 7.91. The van der Waals surface area contributed by atoms with Gasteiger partial charge in [-0.25, -0.2) is 0 Å². The first kappa shape index (κ1) is 16.9. The van der Waals surface area contributed by atoms with Crippen LogP contribution >= 0.6 is 0 Å². The number of hydrogen-bond donors (Lipinski definition) is 1. The molecule has 0 aromatic rings. The number of ether oxygens (including phenoxy) is 1. The fourth-order valence-corrected chi connectivity index (χ4v) is 1.82.